The van der Waals surface area contributed by atoms with E-state index < -0.39 is 0 Å². The molecule has 0 aliphatic carbocycles. The smallest absolute Gasteiger partial charge is 0.271 e. The van der Waals surface area contributed by atoms with Crippen molar-refractivity contribution in [1.29, 1.82) is 0 Å². The van der Waals surface area contributed by atoms with Gasteiger partial charge in [-0.15, -0.1) is 0 Å². The van der Waals surface area contributed by atoms with Crippen LogP contribution in [0.3, 0.4) is 0 Å². The van der Waals surface area contributed by atoms with E-state index in [9.17, 15) is 9.59 Å². The SMILES string of the molecule is COc1ccccc1N1CCN(Cc2ccc(C(=O)NN=Cc3ccc(OCC(=O)Nc4cccc(Cl)c4)cc3)cc2)CC1. The molecular formula is C34H34ClN5O4. The van der Waals surface area contributed by atoms with Crippen LogP contribution >= 0.6 is 11.6 Å². The number of para-hydroxylation sites is 2. The Kier molecular flexibility index (Phi) is 10.5. The van der Waals surface area contributed by atoms with E-state index in [1.807, 2.05) is 42.5 Å². The summed E-state index contributed by atoms with van der Waals surface area (Å²) < 4.78 is 11.1. The molecule has 0 radical (unpaired) electrons. The van der Waals surface area contributed by atoms with Gasteiger partial charge in [-0.25, -0.2) is 5.43 Å². The number of nitrogens with zero attached hydrogens (tertiary/aromatic N) is 3. The van der Waals surface area contributed by atoms with E-state index in [0.717, 1.165) is 55.3 Å². The second-order valence-corrected chi connectivity index (χ2v) is 10.7. The number of methoxy groups -OCH3 is 1. The number of amides is 2. The Balaban J connectivity index is 1.03. The molecule has 1 fully saturated rings. The number of piperazine rings is 1. The van der Waals surface area contributed by atoms with E-state index in [2.05, 4.69) is 31.7 Å². The predicted molar refractivity (Wildman–Crippen MR) is 174 cm³/mol. The third-order valence-corrected chi connectivity index (χ3v) is 7.39. The molecule has 10 heteroatoms. The van der Waals surface area contributed by atoms with Crippen molar-refractivity contribution in [3.05, 3.63) is 119 Å². The summed E-state index contributed by atoms with van der Waals surface area (Å²) in [5.41, 5.74) is 6.76. The molecule has 0 bridgehead atoms. The molecule has 0 atom stereocenters. The Labute approximate surface area is 262 Å². The summed E-state index contributed by atoms with van der Waals surface area (Å²) >= 11 is 5.94. The number of nitrogens with one attached hydrogen (secondary N) is 2. The van der Waals surface area contributed by atoms with Gasteiger partial charge >= 0.3 is 0 Å². The van der Waals surface area contributed by atoms with E-state index >= 15 is 0 Å². The molecule has 44 heavy (non-hydrogen) atoms. The van der Waals surface area contributed by atoms with Crippen LogP contribution in [0.25, 0.3) is 0 Å². The minimum atomic E-state index is -0.295. The maximum Gasteiger partial charge on any atom is 0.271 e. The number of carbonyl (C=O) groups excluding carboxylic acids is 2. The fourth-order valence-electron chi connectivity index (χ4n) is 4.85. The van der Waals surface area contributed by atoms with Gasteiger partial charge in [0, 0.05) is 49.0 Å². The lowest BCUT2D eigenvalue weighted by molar-refractivity contribution is -0.118. The molecule has 0 unspecified atom stereocenters. The number of hydrogen-bond donors (Lipinski definition) is 2. The zero-order valence-corrected chi connectivity index (χ0v) is 25.2. The highest BCUT2D eigenvalue weighted by atomic mass is 35.5. The van der Waals surface area contributed by atoms with Gasteiger partial charge in [0.25, 0.3) is 11.8 Å². The number of hydrazone groups is 1. The Morgan fingerprint density at radius 3 is 2.39 bits per heavy atom. The average molecular weight is 612 g/mol. The first-order chi connectivity index (χ1) is 21.5. The van der Waals surface area contributed by atoms with Crippen LogP contribution in [0.1, 0.15) is 21.5 Å². The second-order valence-electron chi connectivity index (χ2n) is 10.2. The number of rotatable bonds is 11. The van der Waals surface area contributed by atoms with Crippen molar-refractivity contribution >= 4 is 41.0 Å². The molecule has 0 aromatic heterocycles. The number of benzene rings is 4. The predicted octanol–water partition coefficient (Wildman–Crippen LogP) is 5.45. The van der Waals surface area contributed by atoms with Crippen LogP contribution in [0.4, 0.5) is 11.4 Å². The van der Waals surface area contributed by atoms with Crippen LogP contribution in [0.2, 0.25) is 5.02 Å². The maximum absolute atomic E-state index is 12.6. The number of halogens is 1. The molecule has 2 N–H and O–H groups in total. The van der Waals surface area contributed by atoms with Gasteiger partial charge in [-0.2, -0.15) is 5.10 Å². The lowest BCUT2D eigenvalue weighted by atomic mass is 10.1. The Hall–Kier alpha value is -4.86. The van der Waals surface area contributed by atoms with E-state index in [4.69, 9.17) is 21.1 Å². The maximum atomic E-state index is 12.6. The van der Waals surface area contributed by atoms with Crippen molar-refractivity contribution in [1.82, 2.24) is 10.3 Å². The first kappa shape index (κ1) is 30.6. The van der Waals surface area contributed by atoms with Gasteiger partial charge in [0.1, 0.15) is 11.5 Å². The van der Waals surface area contributed by atoms with Crippen LogP contribution in [0.15, 0.2) is 102 Å². The van der Waals surface area contributed by atoms with Crippen LogP contribution in [0, 0.1) is 0 Å². The zero-order chi connectivity index (χ0) is 30.7. The summed E-state index contributed by atoms with van der Waals surface area (Å²) in [6.07, 6.45) is 1.55. The van der Waals surface area contributed by atoms with Gasteiger partial charge in [-0.3, -0.25) is 14.5 Å². The Morgan fingerprint density at radius 1 is 0.909 bits per heavy atom. The molecule has 0 saturated carbocycles. The van der Waals surface area contributed by atoms with Crippen molar-refractivity contribution < 1.29 is 19.1 Å². The minimum absolute atomic E-state index is 0.144. The third kappa shape index (κ3) is 8.59. The van der Waals surface area contributed by atoms with Gasteiger partial charge < -0.3 is 19.7 Å². The second kappa shape index (κ2) is 15.0. The van der Waals surface area contributed by atoms with Crippen molar-refractivity contribution in [3.8, 4) is 11.5 Å². The van der Waals surface area contributed by atoms with Crippen molar-refractivity contribution in [2.24, 2.45) is 5.10 Å². The van der Waals surface area contributed by atoms with Crippen molar-refractivity contribution in [3.63, 3.8) is 0 Å². The fraction of sp³-hybridized carbons (Fsp3) is 0.206. The van der Waals surface area contributed by atoms with Crippen molar-refractivity contribution in [2.75, 3.05) is 50.1 Å². The van der Waals surface area contributed by atoms with Gasteiger partial charge in [0.05, 0.1) is 19.0 Å². The van der Waals surface area contributed by atoms with Crippen LogP contribution in [0.5, 0.6) is 11.5 Å². The first-order valence-corrected chi connectivity index (χ1v) is 14.7. The molecule has 4 aromatic rings. The van der Waals surface area contributed by atoms with E-state index in [0.29, 0.717) is 22.0 Å². The molecule has 1 aliphatic heterocycles. The molecule has 1 aliphatic rings. The molecule has 1 heterocycles. The van der Waals surface area contributed by atoms with Crippen LogP contribution < -0.4 is 25.1 Å². The van der Waals surface area contributed by atoms with Crippen molar-refractivity contribution in [2.45, 2.75) is 6.54 Å². The van der Waals surface area contributed by atoms with Gasteiger partial charge in [0.15, 0.2) is 6.61 Å². The van der Waals surface area contributed by atoms with Gasteiger partial charge in [-0.05, 0) is 77.9 Å². The Morgan fingerprint density at radius 2 is 1.66 bits per heavy atom. The quantitative estimate of drug-likeness (QED) is 0.173. The minimum Gasteiger partial charge on any atom is -0.495 e. The average Bonchev–Trinajstić information content (AvgIpc) is 3.05. The lowest BCUT2D eigenvalue weighted by Crippen LogP contribution is -2.46. The highest BCUT2D eigenvalue weighted by Gasteiger charge is 2.19. The summed E-state index contributed by atoms with van der Waals surface area (Å²) in [5, 5.41) is 7.34. The topological polar surface area (TPSA) is 95.5 Å². The molecule has 4 aromatic carbocycles. The molecule has 5 rings (SSSR count). The summed E-state index contributed by atoms with van der Waals surface area (Å²) in [4.78, 5) is 29.5. The third-order valence-electron chi connectivity index (χ3n) is 7.16. The highest BCUT2D eigenvalue weighted by Crippen LogP contribution is 2.28. The monoisotopic (exact) mass is 611 g/mol. The molecule has 2 amide bonds. The Bertz CT molecular complexity index is 1590. The number of anilines is 2. The molecule has 226 valence electrons. The van der Waals surface area contributed by atoms with Crippen LogP contribution in [-0.2, 0) is 11.3 Å². The summed E-state index contributed by atoms with van der Waals surface area (Å²) in [7, 11) is 1.71. The van der Waals surface area contributed by atoms with E-state index in [1.54, 1.807) is 61.9 Å². The van der Waals surface area contributed by atoms with E-state index in [1.165, 1.54) is 0 Å². The normalized spacial score (nSPS) is 13.5. The molecular weight excluding hydrogens is 578 g/mol. The lowest BCUT2D eigenvalue weighted by Gasteiger charge is -2.36. The summed E-state index contributed by atoms with van der Waals surface area (Å²) in [6.45, 7) is 4.43. The van der Waals surface area contributed by atoms with Crippen LogP contribution in [-0.4, -0.2) is 62.8 Å². The first-order valence-electron chi connectivity index (χ1n) is 14.3. The molecule has 9 nitrogen and oxygen atoms in total. The van der Waals surface area contributed by atoms with Gasteiger partial charge in [-0.1, -0.05) is 41.9 Å². The summed E-state index contributed by atoms with van der Waals surface area (Å²) in [5.74, 6) is 0.849. The fourth-order valence-corrected chi connectivity index (χ4v) is 5.04. The van der Waals surface area contributed by atoms with E-state index in [-0.39, 0.29) is 18.4 Å². The molecule has 0 spiro atoms. The number of ether oxygens (including phenoxy) is 2. The zero-order valence-electron chi connectivity index (χ0n) is 24.4. The number of hydrogen-bond acceptors (Lipinski definition) is 7. The molecule has 1 saturated heterocycles. The summed E-state index contributed by atoms with van der Waals surface area (Å²) in [6, 6.07) is 29.7. The highest BCUT2D eigenvalue weighted by molar-refractivity contribution is 6.30. The van der Waals surface area contributed by atoms with Gasteiger partial charge in [0.2, 0.25) is 0 Å². The largest absolute Gasteiger partial charge is 0.495 e. The number of carbonyl (C=O) groups is 2. The standard InChI is InChI=1S/C34H34ClN5O4/c1-43-32-8-3-2-7-31(32)40-19-17-39(18-20-40)23-26-9-13-27(14-10-26)34(42)38-36-22-25-11-15-30(16-12-25)44-24-33(41)37-29-6-4-5-28(35)21-29/h2-16,21-22H,17-20,23-24H2,1H3,(H,37,41)(H,38,42).